The fraction of sp³-hybridized carbons (Fsp3) is 0.727. The Morgan fingerprint density at radius 3 is 2.71 bits per heavy atom. The molecule has 0 atom stereocenters. The first-order valence-electron chi connectivity index (χ1n) is 5.46. The van der Waals surface area contributed by atoms with E-state index in [9.17, 15) is 0 Å². The lowest BCUT2D eigenvalue weighted by atomic mass is 10.3. The molecule has 80 valence electrons. The first-order chi connectivity index (χ1) is 6.74. The van der Waals surface area contributed by atoms with Crippen molar-refractivity contribution in [3.8, 4) is 0 Å². The van der Waals surface area contributed by atoms with Gasteiger partial charge in [-0.25, -0.2) is 0 Å². The van der Waals surface area contributed by atoms with Gasteiger partial charge in [-0.2, -0.15) is 5.10 Å². The molecular weight excluding hydrogens is 174 g/mol. The van der Waals surface area contributed by atoms with Gasteiger partial charge in [0.2, 0.25) is 0 Å². The van der Waals surface area contributed by atoms with E-state index in [0.717, 1.165) is 25.3 Å². The monoisotopic (exact) mass is 195 g/mol. The third-order valence-electron chi connectivity index (χ3n) is 2.31. The second-order valence-corrected chi connectivity index (χ2v) is 3.75. The summed E-state index contributed by atoms with van der Waals surface area (Å²) in [6.07, 6.45) is 2.52. The average Bonchev–Trinajstić information content (AvgIpc) is 2.45. The number of aromatic nitrogens is 2. The van der Waals surface area contributed by atoms with Gasteiger partial charge in [0.15, 0.2) is 0 Å². The van der Waals surface area contributed by atoms with Crippen molar-refractivity contribution in [2.24, 2.45) is 0 Å². The van der Waals surface area contributed by atoms with Crippen LogP contribution in [0.2, 0.25) is 0 Å². The first kappa shape index (κ1) is 11.2. The van der Waals surface area contributed by atoms with Crippen molar-refractivity contribution in [1.82, 2.24) is 15.1 Å². The van der Waals surface area contributed by atoms with Gasteiger partial charge in [0.25, 0.3) is 0 Å². The van der Waals surface area contributed by atoms with Crippen molar-refractivity contribution in [2.75, 3.05) is 13.1 Å². The Kier molecular flexibility index (Phi) is 4.66. The molecule has 0 aliphatic heterocycles. The summed E-state index contributed by atoms with van der Waals surface area (Å²) >= 11 is 0. The number of nitrogens with zero attached hydrogens (tertiary/aromatic N) is 2. The van der Waals surface area contributed by atoms with Crippen molar-refractivity contribution >= 4 is 0 Å². The predicted molar refractivity (Wildman–Crippen MR) is 59.5 cm³/mol. The summed E-state index contributed by atoms with van der Waals surface area (Å²) in [4.78, 5) is 0. The maximum Gasteiger partial charge on any atom is 0.0596 e. The second kappa shape index (κ2) is 5.81. The molecule has 0 aliphatic carbocycles. The Morgan fingerprint density at radius 2 is 2.14 bits per heavy atom. The summed E-state index contributed by atoms with van der Waals surface area (Å²) in [6, 6.07) is 2.12. The van der Waals surface area contributed by atoms with E-state index < -0.39 is 0 Å². The Labute approximate surface area is 86.5 Å². The van der Waals surface area contributed by atoms with Crippen LogP contribution in [0, 0.1) is 13.8 Å². The van der Waals surface area contributed by atoms with Gasteiger partial charge in [-0.3, -0.25) is 4.68 Å². The van der Waals surface area contributed by atoms with Gasteiger partial charge in [-0.1, -0.05) is 13.3 Å². The van der Waals surface area contributed by atoms with Crippen LogP contribution in [0.5, 0.6) is 0 Å². The van der Waals surface area contributed by atoms with Crippen molar-refractivity contribution < 1.29 is 0 Å². The SMILES string of the molecule is CCCCNCCn1nc(C)cc1C. The summed E-state index contributed by atoms with van der Waals surface area (Å²) in [5.41, 5.74) is 2.36. The number of rotatable bonds is 6. The molecule has 3 heteroatoms. The molecule has 0 aromatic carbocycles. The van der Waals surface area contributed by atoms with E-state index in [1.807, 2.05) is 6.92 Å². The molecule has 1 heterocycles. The summed E-state index contributed by atoms with van der Waals surface area (Å²) in [5.74, 6) is 0. The molecule has 0 fully saturated rings. The minimum atomic E-state index is 0.976. The third kappa shape index (κ3) is 3.50. The highest BCUT2D eigenvalue weighted by Crippen LogP contribution is 2.00. The van der Waals surface area contributed by atoms with Gasteiger partial charge < -0.3 is 5.32 Å². The van der Waals surface area contributed by atoms with Crippen LogP contribution in [0.15, 0.2) is 6.07 Å². The van der Waals surface area contributed by atoms with Crippen molar-refractivity contribution in [3.63, 3.8) is 0 Å². The quantitative estimate of drug-likeness (QED) is 0.702. The molecule has 3 nitrogen and oxygen atoms in total. The van der Waals surface area contributed by atoms with Gasteiger partial charge in [0.1, 0.15) is 0 Å². The molecule has 0 aliphatic rings. The summed E-state index contributed by atoms with van der Waals surface area (Å²) in [7, 11) is 0. The lowest BCUT2D eigenvalue weighted by Gasteiger charge is -2.05. The third-order valence-corrected chi connectivity index (χ3v) is 2.31. The average molecular weight is 195 g/mol. The number of hydrogen-bond donors (Lipinski definition) is 1. The minimum absolute atomic E-state index is 0.976. The highest BCUT2D eigenvalue weighted by Gasteiger charge is 1.98. The number of aryl methyl sites for hydroxylation is 2. The van der Waals surface area contributed by atoms with Crippen molar-refractivity contribution in [1.29, 1.82) is 0 Å². The zero-order valence-corrected chi connectivity index (χ0v) is 9.51. The second-order valence-electron chi connectivity index (χ2n) is 3.75. The van der Waals surface area contributed by atoms with E-state index in [0.29, 0.717) is 0 Å². The van der Waals surface area contributed by atoms with Crippen LogP contribution in [0.3, 0.4) is 0 Å². The topological polar surface area (TPSA) is 29.9 Å². The smallest absolute Gasteiger partial charge is 0.0596 e. The van der Waals surface area contributed by atoms with Gasteiger partial charge in [-0.15, -0.1) is 0 Å². The zero-order chi connectivity index (χ0) is 10.4. The van der Waals surface area contributed by atoms with E-state index >= 15 is 0 Å². The van der Waals surface area contributed by atoms with Crippen LogP contribution in [0.25, 0.3) is 0 Å². The van der Waals surface area contributed by atoms with Crippen LogP contribution < -0.4 is 5.32 Å². The molecule has 1 rings (SSSR count). The van der Waals surface area contributed by atoms with Crippen LogP contribution in [0.1, 0.15) is 31.2 Å². The molecule has 0 spiro atoms. The van der Waals surface area contributed by atoms with E-state index in [1.165, 1.54) is 18.5 Å². The fourth-order valence-corrected chi connectivity index (χ4v) is 1.51. The normalized spacial score (nSPS) is 10.8. The molecule has 0 bridgehead atoms. The highest BCUT2D eigenvalue weighted by molar-refractivity contribution is 5.06. The molecule has 0 unspecified atom stereocenters. The maximum absolute atomic E-state index is 4.40. The van der Waals surface area contributed by atoms with E-state index in [-0.39, 0.29) is 0 Å². The van der Waals surface area contributed by atoms with Crippen LogP contribution in [-0.2, 0) is 6.54 Å². The fourth-order valence-electron chi connectivity index (χ4n) is 1.51. The van der Waals surface area contributed by atoms with Crippen molar-refractivity contribution in [2.45, 2.75) is 40.2 Å². The number of nitrogens with one attached hydrogen (secondary N) is 1. The van der Waals surface area contributed by atoms with E-state index in [1.54, 1.807) is 0 Å². The van der Waals surface area contributed by atoms with Crippen molar-refractivity contribution in [3.05, 3.63) is 17.5 Å². The molecular formula is C11H21N3. The lowest BCUT2D eigenvalue weighted by molar-refractivity contribution is 0.535. The molecule has 0 amide bonds. The van der Waals surface area contributed by atoms with Crippen LogP contribution in [-0.4, -0.2) is 22.9 Å². The van der Waals surface area contributed by atoms with Crippen LogP contribution in [0.4, 0.5) is 0 Å². The predicted octanol–water partition coefficient (Wildman–Crippen LogP) is 1.89. The molecule has 0 saturated carbocycles. The first-order valence-corrected chi connectivity index (χ1v) is 5.46. The molecule has 0 radical (unpaired) electrons. The van der Waals surface area contributed by atoms with Gasteiger partial charge >= 0.3 is 0 Å². The summed E-state index contributed by atoms with van der Waals surface area (Å²) in [5, 5.41) is 7.82. The Balaban J connectivity index is 2.21. The molecule has 0 saturated heterocycles. The number of unbranched alkanes of at least 4 members (excludes halogenated alkanes) is 1. The standard InChI is InChI=1S/C11H21N3/c1-4-5-6-12-7-8-14-11(3)9-10(2)13-14/h9,12H,4-8H2,1-3H3. The van der Waals surface area contributed by atoms with Crippen LogP contribution >= 0.6 is 0 Å². The Morgan fingerprint density at radius 1 is 1.36 bits per heavy atom. The number of hydrogen-bond acceptors (Lipinski definition) is 2. The minimum Gasteiger partial charge on any atom is -0.315 e. The molecule has 14 heavy (non-hydrogen) atoms. The summed E-state index contributed by atoms with van der Waals surface area (Å²) < 4.78 is 2.06. The maximum atomic E-state index is 4.40. The highest BCUT2D eigenvalue weighted by atomic mass is 15.3. The summed E-state index contributed by atoms with van der Waals surface area (Å²) in [6.45, 7) is 9.46. The Hall–Kier alpha value is -0.830. The lowest BCUT2D eigenvalue weighted by Crippen LogP contribution is -2.21. The van der Waals surface area contributed by atoms with E-state index in [2.05, 4.69) is 35.0 Å². The largest absolute Gasteiger partial charge is 0.315 e. The van der Waals surface area contributed by atoms with Gasteiger partial charge in [-0.05, 0) is 32.9 Å². The molecule has 1 N–H and O–H groups in total. The molecule has 1 aromatic heterocycles. The van der Waals surface area contributed by atoms with Gasteiger partial charge in [0, 0.05) is 12.2 Å². The molecule has 1 aromatic rings. The van der Waals surface area contributed by atoms with E-state index in [4.69, 9.17) is 0 Å². The Bertz CT molecular complexity index is 265. The zero-order valence-electron chi connectivity index (χ0n) is 9.51. The van der Waals surface area contributed by atoms with Gasteiger partial charge in [0.05, 0.1) is 12.2 Å².